The second-order valence-electron chi connectivity index (χ2n) is 6.91. The molecular weight excluding hydrogens is 398 g/mol. The van der Waals surface area contributed by atoms with E-state index in [9.17, 15) is 4.79 Å². The molecule has 30 heavy (non-hydrogen) atoms. The molecule has 1 amide bonds. The highest BCUT2D eigenvalue weighted by Gasteiger charge is 2.15. The Labute approximate surface area is 178 Å². The zero-order valence-corrected chi connectivity index (χ0v) is 17.3. The van der Waals surface area contributed by atoms with Crippen molar-refractivity contribution in [2.24, 2.45) is 0 Å². The minimum atomic E-state index is -0.197. The van der Waals surface area contributed by atoms with Crippen LogP contribution in [0.25, 0.3) is 11.0 Å². The Balaban J connectivity index is 1.59. The van der Waals surface area contributed by atoms with Gasteiger partial charge in [-0.3, -0.25) is 9.36 Å². The topological polar surface area (TPSA) is 82.6 Å². The van der Waals surface area contributed by atoms with Crippen LogP contribution in [-0.4, -0.2) is 35.2 Å². The van der Waals surface area contributed by atoms with Crippen molar-refractivity contribution in [3.8, 4) is 0 Å². The monoisotopic (exact) mass is 419 g/mol. The van der Waals surface area contributed by atoms with E-state index in [1.54, 1.807) is 10.8 Å². The van der Waals surface area contributed by atoms with Crippen LogP contribution in [-0.2, 0) is 24.4 Å². The first-order valence-corrected chi connectivity index (χ1v) is 9.88. The van der Waals surface area contributed by atoms with E-state index in [0.29, 0.717) is 23.7 Å². The second kappa shape index (κ2) is 8.42. The van der Waals surface area contributed by atoms with Crippen molar-refractivity contribution in [1.82, 2.24) is 29.3 Å². The first kappa shape index (κ1) is 19.7. The van der Waals surface area contributed by atoms with Crippen molar-refractivity contribution in [1.29, 1.82) is 0 Å². The molecule has 1 N–H and O–H groups in total. The summed E-state index contributed by atoms with van der Waals surface area (Å²) in [6, 6.07) is 15.3. The number of amides is 1. The molecule has 0 aliphatic carbocycles. The first-order chi connectivity index (χ1) is 14.5. The molecule has 9 heteroatoms. The molecule has 0 saturated carbocycles. The molecule has 0 radical (unpaired) electrons. The number of rotatable bonds is 7. The zero-order chi connectivity index (χ0) is 21.1. The molecule has 2 aromatic carbocycles. The number of nitrogens with zero attached hydrogens (tertiary/aromatic N) is 6. The summed E-state index contributed by atoms with van der Waals surface area (Å²) in [4.78, 5) is 12.5. The summed E-state index contributed by atoms with van der Waals surface area (Å²) < 4.78 is 5.59. The Bertz CT molecular complexity index is 1280. The first-order valence-electron chi connectivity index (χ1n) is 9.47. The standard InChI is InChI=1S/C21H21N7OS/c1-3-11-26-19(13-27-18-10-5-4-9-17(18)23-25-27)24-28(21(26)30)14-20(29)22-16-8-6-7-15(2)12-16/h3-10,12H,1,11,13-14H2,2H3,(H,22,29). The molecule has 4 aromatic rings. The van der Waals surface area contributed by atoms with Crippen LogP contribution < -0.4 is 5.32 Å². The van der Waals surface area contributed by atoms with E-state index >= 15 is 0 Å². The lowest BCUT2D eigenvalue weighted by Crippen LogP contribution is -2.20. The van der Waals surface area contributed by atoms with Crippen LogP contribution in [0.3, 0.4) is 0 Å². The number of aryl methyl sites for hydroxylation is 1. The fourth-order valence-electron chi connectivity index (χ4n) is 3.25. The van der Waals surface area contributed by atoms with E-state index in [1.807, 2.05) is 60.0 Å². The Kier molecular flexibility index (Phi) is 5.53. The average Bonchev–Trinajstić information content (AvgIpc) is 3.25. The van der Waals surface area contributed by atoms with Gasteiger partial charge in [0.2, 0.25) is 5.91 Å². The smallest absolute Gasteiger partial charge is 0.246 e. The van der Waals surface area contributed by atoms with E-state index in [2.05, 4.69) is 27.3 Å². The molecule has 4 rings (SSSR count). The van der Waals surface area contributed by atoms with Gasteiger partial charge in [0.15, 0.2) is 10.6 Å². The van der Waals surface area contributed by atoms with Gasteiger partial charge in [-0.15, -0.1) is 11.7 Å². The van der Waals surface area contributed by atoms with E-state index in [-0.39, 0.29) is 12.5 Å². The largest absolute Gasteiger partial charge is 0.324 e. The van der Waals surface area contributed by atoms with E-state index < -0.39 is 0 Å². The third-order valence-electron chi connectivity index (χ3n) is 4.62. The average molecular weight is 420 g/mol. The molecule has 8 nitrogen and oxygen atoms in total. The molecule has 0 aliphatic rings. The van der Waals surface area contributed by atoms with Crippen molar-refractivity contribution in [2.45, 2.75) is 26.6 Å². The summed E-state index contributed by atoms with van der Waals surface area (Å²) in [6.07, 6.45) is 1.75. The number of nitrogens with one attached hydrogen (secondary N) is 1. The number of hydrogen-bond donors (Lipinski definition) is 1. The van der Waals surface area contributed by atoms with Crippen molar-refractivity contribution < 1.29 is 4.79 Å². The van der Waals surface area contributed by atoms with Crippen molar-refractivity contribution in [3.63, 3.8) is 0 Å². The SMILES string of the molecule is C=CCn1c(Cn2nnc3ccccc32)nn(CC(=O)Nc2cccc(C)c2)c1=S. The molecule has 0 atom stereocenters. The molecule has 2 aromatic heterocycles. The minimum absolute atomic E-state index is 0.0159. The summed E-state index contributed by atoms with van der Waals surface area (Å²) in [7, 11) is 0. The fraction of sp³-hybridized carbons (Fsp3) is 0.190. The van der Waals surface area contributed by atoms with Crippen LogP contribution in [0.2, 0.25) is 0 Å². The second-order valence-corrected chi connectivity index (χ2v) is 7.27. The summed E-state index contributed by atoms with van der Waals surface area (Å²) in [5, 5.41) is 15.9. The lowest BCUT2D eigenvalue weighted by atomic mass is 10.2. The van der Waals surface area contributed by atoms with Crippen molar-refractivity contribution >= 4 is 34.8 Å². The summed E-state index contributed by atoms with van der Waals surface area (Å²) in [5.74, 6) is 0.483. The van der Waals surface area contributed by atoms with Gasteiger partial charge < -0.3 is 5.32 Å². The highest BCUT2D eigenvalue weighted by atomic mass is 32.1. The van der Waals surface area contributed by atoms with Gasteiger partial charge in [0.05, 0.1) is 5.52 Å². The van der Waals surface area contributed by atoms with Crippen LogP contribution in [0.4, 0.5) is 5.69 Å². The maximum absolute atomic E-state index is 12.5. The van der Waals surface area contributed by atoms with Gasteiger partial charge in [-0.2, -0.15) is 5.10 Å². The maximum Gasteiger partial charge on any atom is 0.246 e. The third kappa shape index (κ3) is 4.06. The molecule has 0 saturated heterocycles. The number of carbonyl (C=O) groups excluding carboxylic acids is 1. The highest BCUT2D eigenvalue weighted by Crippen LogP contribution is 2.13. The molecule has 152 valence electrons. The van der Waals surface area contributed by atoms with Gasteiger partial charge in [0.1, 0.15) is 18.6 Å². The Hall–Kier alpha value is -3.59. The Morgan fingerprint density at radius 2 is 2.03 bits per heavy atom. The molecule has 0 bridgehead atoms. The molecule has 0 aliphatic heterocycles. The minimum Gasteiger partial charge on any atom is -0.324 e. The van der Waals surface area contributed by atoms with Crippen LogP contribution in [0.15, 0.2) is 61.2 Å². The number of aromatic nitrogens is 6. The van der Waals surface area contributed by atoms with Gasteiger partial charge in [-0.1, -0.05) is 35.6 Å². The van der Waals surface area contributed by atoms with Gasteiger partial charge in [0.25, 0.3) is 0 Å². The third-order valence-corrected chi connectivity index (χ3v) is 5.05. The quantitative estimate of drug-likeness (QED) is 0.367. The van der Waals surface area contributed by atoms with E-state index in [0.717, 1.165) is 22.3 Å². The zero-order valence-electron chi connectivity index (χ0n) is 16.5. The Morgan fingerprint density at radius 3 is 2.83 bits per heavy atom. The summed E-state index contributed by atoms with van der Waals surface area (Å²) >= 11 is 5.56. The Morgan fingerprint density at radius 1 is 1.20 bits per heavy atom. The van der Waals surface area contributed by atoms with Crippen LogP contribution in [0.1, 0.15) is 11.4 Å². The van der Waals surface area contributed by atoms with E-state index in [4.69, 9.17) is 12.2 Å². The van der Waals surface area contributed by atoms with Crippen molar-refractivity contribution in [3.05, 3.63) is 77.3 Å². The molecular formula is C21H21N7OS. The summed E-state index contributed by atoms with van der Waals surface area (Å²) in [5.41, 5.74) is 3.53. The van der Waals surface area contributed by atoms with Gasteiger partial charge >= 0.3 is 0 Å². The van der Waals surface area contributed by atoms with Crippen molar-refractivity contribution in [2.75, 3.05) is 5.32 Å². The summed E-state index contributed by atoms with van der Waals surface area (Å²) in [6.45, 7) is 6.66. The number of para-hydroxylation sites is 1. The predicted octanol–water partition coefficient (Wildman–Crippen LogP) is 3.34. The van der Waals surface area contributed by atoms with Crippen LogP contribution in [0.5, 0.6) is 0 Å². The molecule has 0 fully saturated rings. The lowest BCUT2D eigenvalue weighted by molar-refractivity contribution is -0.116. The number of hydrogen-bond acceptors (Lipinski definition) is 5. The number of fused-ring (bicyclic) bond motifs is 1. The highest BCUT2D eigenvalue weighted by molar-refractivity contribution is 7.71. The molecule has 0 unspecified atom stereocenters. The molecule has 0 spiro atoms. The van der Waals surface area contributed by atoms with Gasteiger partial charge in [0, 0.05) is 12.2 Å². The fourth-order valence-corrected chi connectivity index (χ4v) is 3.53. The number of anilines is 1. The van der Waals surface area contributed by atoms with Gasteiger partial charge in [-0.05, 0) is 49.0 Å². The normalized spacial score (nSPS) is 11.0. The number of allylic oxidation sites excluding steroid dienone is 1. The predicted molar refractivity (Wildman–Crippen MR) is 118 cm³/mol. The molecule has 2 heterocycles. The maximum atomic E-state index is 12.5. The van der Waals surface area contributed by atoms with Crippen LogP contribution >= 0.6 is 12.2 Å². The number of benzene rings is 2. The van der Waals surface area contributed by atoms with E-state index in [1.165, 1.54) is 4.68 Å². The lowest BCUT2D eigenvalue weighted by Gasteiger charge is -2.06. The number of carbonyl (C=O) groups is 1. The van der Waals surface area contributed by atoms with Crippen LogP contribution in [0, 0.1) is 11.7 Å². The van der Waals surface area contributed by atoms with Gasteiger partial charge in [-0.25, -0.2) is 9.36 Å².